The van der Waals surface area contributed by atoms with E-state index in [1.807, 2.05) is 0 Å². The molecular weight excluding hydrogens is 238 g/mol. The Kier molecular flexibility index (Phi) is 5.64. The average molecular weight is 267 g/mol. The van der Waals surface area contributed by atoms with Crippen LogP contribution in [0.5, 0.6) is 0 Å². The molecule has 1 N–H and O–H groups in total. The zero-order valence-electron chi connectivity index (χ0n) is 12.5. The van der Waals surface area contributed by atoms with E-state index in [1.54, 1.807) is 0 Å². The summed E-state index contributed by atoms with van der Waals surface area (Å²) in [6.07, 6.45) is 4.42. The number of piperazine rings is 1. The van der Waals surface area contributed by atoms with Crippen LogP contribution in [0, 0.1) is 5.92 Å². The van der Waals surface area contributed by atoms with Crippen molar-refractivity contribution in [1.29, 1.82) is 0 Å². The quantitative estimate of drug-likeness (QED) is 0.788. The van der Waals surface area contributed by atoms with Gasteiger partial charge in [-0.25, -0.2) is 0 Å². The molecule has 2 aliphatic rings. The number of rotatable bonds is 6. The summed E-state index contributed by atoms with van der Waals surface area (Å²) in [5, 5.41) is 3.32. The van der Waals surface area contributed by atoms with Crippen LogP contribution >= 0.6 is 0 Å². The molecule has 1 amide bonds. The van der Waals surface area contributed by atoms with Crippen LogP contribution in [0.25, 0.3) is 0 Å². The van der Waals surface area contributed by atoms with E-state index in [0.29, 0.717) is 5.91 Å². The molecule has 0 radical (unpaired) electrons. The van der Waals surface area contributed by atoms with Crippen LogP contribution in [0.15, 0.2) is 0 Å². The van der Waals surface area contributed by atoms with Crippen molar-refractivity contribution in [2.75, 3.05) is 39.3 Å². The molecule has 0 spiro atoms. The fraction of sp³-hybridized carbons (Fsp3) is 0.933. The zero-order chi connectivity index (χ0) is 13.7. The third-order valence-corrected chi connectivity index (χ3v) is 4.65. The van der Waals surface area contributed by atoms with Gasteiger partial charge in [0.05, 0.1) is 0 Å². The molecule has 2 heterocycles. The lowest BCUT2D eigenvalue weighted by Crippen LogP contribution is -2.62. The highest BCUT2D eigenvalue weighted by Crippen LogP contribution is 2.18. The molecule has 4 nitrogen and oxygen atoms in total. The molecule has 19 heavy (non-hydrogen) atoms. The van der Waals surface area contributed by atoms with Crippen molar-refractivity contribution < 1.29 is 4.79 Å². The van der Waals surface area contributed by atoms with Crippen LogP contribution in [0.2, 0.25) is 0 Å². The van der Waals surface area contributed by atoms with Crippen molar-refractivity contribution in [3.05, 3.63) is 0 Å². The Morgan fingerprint density at radius 1 is 1.21 bits per heavy atom. The third-order valence-electron chi connectivity index (χ3n) is 4.65. The van der Waals surface area contributed by atoms with Crippen molar-refractivity contribution in [3.63, 3.8) is 0 Å². The lowest BCUT2D eigenvalue weighted by molar-refractivity contribution is -0.138. The molecule has 0 saturated carbocycles. The average Bonchev–Trinajstić information content (AvgIpc) is 2.38. The fourth-order valence-electron chi connectivity index (χ4n) is 3.05. The first-order chi connectivity index (χ1) is 9.26. The van der Waals surface area contributed by atoms with Gasteiger partial charge < -0.3 is 10.2 Å². The lowest BCUT2D eigenvalue weighted by atomic mass is 9.97. The van der Waals surface area contributed by atoms with Gasteiger partial charge in [0.1, 0.15) is 0 Å². The second kappa shape index (κ2) is 7.25. The fourth-order valence-corrected chi connectivity index (χ4v) is 3.05. The minimum Gasteiger partial charge on any atom is -0.340 e. The maximum atomic E-state index is 12.5. The van der Waals surface area contributed by atoms with Gasteiger partial charge in [0, 0.05) is 51.2 Å². The summed E-state index contributed by atoms with van der Waals surface area (Å²) in [5.74, 6) is 0.666. The molecule has 2 aliphatic heterocycles. The molecule has 0 aromatic rings. The number of hydrogen-bond donors (Lipinski definition) is 1. The summed E-state index contributed by atoms with van der Waals surface area (Å²) in [6, 6.07) is 0.722. The predicted molar refractivity (Wildman–Crippen MR) is 78.1 cm³/mol. The van der Waals surface area contributed by atoms with Crippen molar-refractivity contribution in [2.24, 2.45) is 5.92 Å². The summed E-state index contributed by atoms with van der Waals surface area (Å²) < 4.78 is 0. The van der Waals surface area contributed by atoms with Gasteiger partial charge in [-0.2, -0.15) is 0 Å². The van der Waals surface area contributed by atoms with Crippen molar-refractivity contribution >= 4 is 5.91 Å². The van der Waals surface area contributed by atoms with E-state index in [0.717, 1.165) is 58.2 Å². The molecule has 0 aromatic carbocycles. The summed E-state index contributed by atoms with van der Waals surface area (Å²) in [4.78, 5) is 17.1. The Balaban J connectivity index is 1.76. The highest BCUT2D eigenvalue weighted by atomic mass is 16.2. The minimum absolute atomic E-state index is 0.261. The molecule has 0 aliphatic carbocycles. The smallest absolute Gasteiger partial charge is 0.225 e. The third kappa shape index (κ3) is 3.69. The SMILES string of the molecule is CCCCC(CC)C(=O)N1CCN(C2CNC2)CC1. The molecule has 2 fully saturated rings. The maximum Gasteiger partial charge on any atom is 0.225 e. The van der Waals surface area contributed by atoms with Crippen LogP contribution in [-0.2, 0) is 4.79 Å². The van der Waals surface area contributed by atoms with Crippen LogP contribution < -0.4 is 5.32 Å². The first kappa shape index (κ1) is 14.8. The Morgan fingerprint density at radius 2 is 1.89 bits per heavy atom. The first-order valence-electron chi connectivity index (χ1n) is 7.99. The number of nitrogens with zero attached hydrogens (tertiary/aromatic N) is 2. The van der Waals surface area contributed by atoms with E-state index in [2.05, 4.69) is 29.0 Å². The number of hydrogen-bond acceptors (Lipinski definition) is 3. The van der Waals surface area contributed by atoms with E-state index in [9.17, 15) is 4.79 Å². The Bertz CT molecular complexity index is 283. The molecule has 1 atom stereocenters. The highest BCUT2D eigenvalue weighted by molar-refractivity contribution is 5.78. The van der Waals surface area contributed by atoms with Crippen LogP contribution in [0.1, 0.15) is 39.5 Å². The van der Waals surface area contributed by atoms with Gasteiger partial charge in [-0.15, -0.1) is 0 Å². The standard InChI is InChI=1S/C15H29N3O/c1-3-5-6-13(4-2)15(19)18-9-7-17(8-10-18)14-11-16-12-14/h13-14,16H,3-12H2,1-2H3. The van der Waals surface area contributed by atoms with E-state index >= 15 is 0 Å². The molecule has 110 valence electrons. The molecule has 0 aromatic heterocycles. The van der Waals surface area contributed by atoms with Gasteiger partial charge in [0.25, 0.3) is 0 Å². The minimum atomic E-state index is 0.261. The number of carbonyl (C=O) groups excluding carboxylic acids is 1. The maximum absolute atomic E-state index is 12.5. The van der Waals surface area contributed by atoms with E-state index in [1.165, 1.54) is 12.8 Å². The highest BCUT2D eigenvalue weighted by Gasteiger charge is 2.30. The number of unbranched alkanes of at least 4 members (excludes halogenated alkanes) is 1. The lowest BCUT2D eigenvalue weighted by Gasteiger charge is -2.43. The van der Waals surface area contributed by atoms with Gasteiger partial charge in [0.2, 0.25) is 5.91 Å². The van der Waals surface area contributed by atoms with Gasteiger partial charge in [-0.05, 0) is 12.8 Å². The second-order valence-electron chi connectivity index (χ2n) is 5.92. The topological polar surface area (TPSA) is 35.6 Å². The van der Waals surface area contributed by atoms with E-state index < -0.39 is 0 Å². The van der Waals surface area contributed by atoms with Crippen molar-refractivity contribution in [2.45, 2.75) is 45.6 Å². The van der Waals surface area contributed by atoms with Crippen LogP contribution in [0.4, 0.5) is 0 Å². The van der Waals surface area contributed by atoms with Gasteiger partial charge >= 0.3 is 0 Å². The van der Waals surface area contributed by atoms with Crippen molar-refractivity contribution in [3.8, 4) is 0 Å². The molecular formula is C15H29N3O. The number of nitrogens with one attached hydrogen (secondary N) is 1. The summed E-state index contributed by atoms with van der Waals surface area (Å²) in [7, 11) is 0. The van der Waals surface area contributed by atoms with E-state index in [4.69, 9.17) is 0 Å². The van der Waals surface area contributed by atoms with Crippen molar-refractivity contribution in [1.82, 2.24) is 15.1 Å². The first-order valence-corrected chi connectivity index (χ1v) is 7.99. The molecule has 2 rings (SSSR count). The van der Waals surface area contributed by atoms with E-state index in [-0.39, 0.29) is 5.92 Å². The zero-order valence-corrected chi connectivity index (χ0v) is 12.5. The number of amides is 1. The Hall–Kier alpha value is -0.610. The van der Waals surface area contributed by atoms with Gasteiger partial charge in [-0.1, -0.05) is 26.7 Å². The van der Waals surface area contributed by atoms with Gasteiger partial charge in [0.15, 0.2) is 0 Å². The largest absolute Gasteiger partial charge is 0.340 e. The predicted octanol–water partition coefficient (Wildman–Crippen LogP) is 1.32. The Labute approximate surface area is 117 Å². The van der Waals surface area contributed by atoms with Crippen LogP contribution in [0.3, 0.4) is 0 Å². The van der Waals surface area contributed by atoms with Crippen LogP contribution in [-0.4, -0.2) is 61.0 Å². The number of carbonyl (C=O) groups is 1. The Morgan fingerprint density at radius 3 is 2.37 bits per heavy atom. The monoisotopic (exact) mass is 267 g/mol. The molecule has 0 bridgehead atoms. The van der Waals surface area contributed by atoms with Gasteiger partial charge in [-0.3, -0.25) is 9.69 Å². The molecule has 4 heteroatoms. The normalized spacial score (nSPS) is 23.2. The summed E-state index contributed by atoms with van der Waals surface area (Å²) in [6.45, 7) is 10.6. The second-order valence-corrected chi connectivity index (χ2v) is 5.92. The summed E-state index contributed by atoms with van der Waals surface area (Å²) >= 11 is 0. The molecule has 1 unspecified atom stereocenters. The summed E-state index contributed by atoms with van der Waals surface area (Å²) in [5.41, 5.74) is 0. The molecule has 2 saturated heterocycles.